The van der Waals surface area contributed by atoms with Gasteiger partial charge in [0.1, 0.15) is 0 Å². The summed E-state index contributed by atoms with van der Waals surface area (Å²) in [5.74, 6) is 0. The molecule has 1 heteroatoms. The first-order valence-corrected chi connectivity index (χ1v) is 8.54. The molecule has 0 saturated heterocycles. The van der Waals surface area contributed by atoms with Crippen molar-refractivity contribution >= 4 is 15.9 Å². The molecule has 0 N–H and O–H groups in total. The van der Waals surface area contributed by atoms with Crippen LogP contribution >= 0.6 is 15.9 Å². The van der Waals surface area contributed by atoms with E-state index in [9.17, 15) is 0 Å². The molecular formula is C16H33Br. The highest BCUT2D eigenvalue weighted by Gasteiger charge is 1.93. The second-order valence-electron chi connectivity index (χ2n) is 5.13. The molecule has 0 aromatic heterocycles. The van der Waals surface area contributed by atoms with Gasteiger partial charge in [0, 0.05) is 8.02 Å². The molecule has 17 heavy (non-hydrogen) atoms. The van der Waals surface area contributed by atoms with Crippen LogP contribution in [-0.4, -0.2) is 5.28 Å². The van der Waals surface area contributed by atoms with Crippen LogP contribution < -0.4 is 0 Å². The van der Waals surface area contributed by atoms with Crippen LogP contribution in [0.25, 0.3) is 0 Å². The zero-order valence-electron chi connectivity index (χ0n) is 13.8. The third kappa shape index (κ3) is 16.5. The molecule has 0 spiro atoms. The van der Waals surface area contributed by atoms with Gasteiger partial charge in [0.05, 0.1) is 0 Å². The monoisotopic (exact) mass is 306 g/mol. The minimum Gasteiger partial charge on any atom is -0.0928 e. The van der Waals surface area contributed by atoms with Gasteiger partial charge in [-0.25, -0.2) is 0 Å². The van der Waals surface area contributed by atoms with Gasteiger partial charge in [0.2, 0.25) is 0 Å². The average molecular weight is 307 g/mol. The van der Waals surface area contributed by atoms with Gasteiger partial charge in [-0.05, 0) is 6.42 Å². The van der Waals surface area contributed by atoms with E-state index < -0.39 is 5.28 Å². The van der Waals surface area contributed by atoms with Crippen LogP contribution in [0, 0.1) is 0 Å². The van der Waals surface area contributed by atoms with Crippen molar-refractivity contribution in [3.8, 4) is 0 Å². The fourth-order valence-electron chi connectivity index (χ4n) is 2.21. The Morgan fingerprint density at radius 3 is 1.18 bits per heavy atom. The van der Waals surface area contributed by atoms with Gasteiger partial charge in [-0.2, -0.15) is 0 Å². The van der Waals surface area contributed by atoms with Crippen molar-refractivity contribution in [1.82, 2.24) is 0 Å². The molecule has 0 nitrogen and oxygen atoms in total. The molecule has 0 aliphatic carbocycles. The first-order chi connectivity index (χ1) is 9.06. The van der Waals surface area contributed by atoms with E-state index >= 15 is 0 Å². The van der Waals surface area contributed by atoms with Crippen LogP contribution in [0.15, 0.2) is 0 Å². The van der Waals surface area contributed by atoms with Crippen LogP contribution in [-0.2, 0) is 0 Å². The number of halogens is 1. The van der Waals surface area contributed by atoms with Crippen molar-refractivity contribution in [2.24, 2.45) is 0 Å². The Hall–Kier alpha value is 0.480. The highest BCUT2D eigenvalue weighted by molar-refractivity contribution is 9.09. The Morgan fingerprint density at radius 1 is 0.588 bits per heavy atom. The molecule has 0 aliphatic heterocycles. The van der Waals surface area contributed by atoms with Crippen molar-refractivity contribution in [1.29, 1.82) is 0 Å². The van der Waals surface area contributed by atoms with E-state index in [1.165, 1.54) is 77.0 Å². The summed E-state index contributed by atoms with van der Waals surface area (Å²) in [7, 11) is 0. The number of unbranched alkanes of at least 4 members (excludes halogenated alkanes) is 12. The van der Waals surface area contributed by atoms with Gasteiger partial charge in [0.25, 0.3) is 0 Å². The first-order valence-electron chi connectivity index (χ1n) is 8.75. The van der Waals surface area contributed by atoms with Crippen LogP contribution in [0.1, 0.15) is 99.6 Å². The lowest BCUT2D eigenvalue weighted by Gasteiger charge is -2.02. The maximum absolute atomic E-state index is 7.37. The Morgan fingerprint density at radius 2 is 0.882 bits per heavy atom. The second kappa shape index (κ2) is 16.5. The Bertz CT molecular complexity index is 178. The number of rotatable bonds is 14. The molecule has 0 amide bonds. The highest BCUT2D eigenvalue weighted by Crippen LogP contribution is 2.12. The standard InChI is InChI=1S/C16H33Br/c1-2-3-4-5-6-7-8-9-10-11-12-13-14-15-16-17/h2-16H2,1H3/i16D2. The maximum atomic E-state index is 7.37. The van der Waals surface area contributed by atoms with E-state index in [1.807, 2.05) is 0 Å². The Kier molecular flexibility index (Phi) is 13.5. The lowest BCUT2D eigenvalue weighted by atomic mass is 10.0. The van der Waals surface area contributed by atoms with Gasteiger partial charge in [-0.3, -0.25) is 0 Å². The van der Waals surface area contributed by atoms with E-state index in [4.69, 9.17) is 2.74 Å². The van der Waals surface area contributed by atoms with Gasteiger partial charge in [0.15, 0.2) is 0 Å². The molecule has 0 heterocycles. The first kappa shape index (κ1) is 13.9. The molecule has 0 atom stereocenters. The summed E-state index contributed by atoms with van der Waals surface area (Å²) in [6, 6.07) is 0. The molecule has 0 unspecified atom stereocenters. The predicted octanol–water partition coefficient (Wildman–Crippen LogP) is 6.86. The average Bonchev–Trinajstić information content (AvgIpc) is 2.34. The fourth-order valence-corrected chi connectivity index (χ4v) is 2.49. The van der Waals surface area contributed by atoms with Crippen LogP contribution in [0.4, 0.5) is 0 Å². The maximum Gasteiger partial charge on any atom is 0.0387 e. The summed E-state index contributed by atoms with van der Waals surface area (Å²) in [5, 5.41) is -1.15. The molecule has 0 bridgehead atoms. The molecule has 104 valence electrons. The molecule has 0 rings (SSSR count). The van der Waals surface area contributed by atoms with Gasteiger partial charge in [-0.1, -0.05) is 106 Å². The van der Waals surface area contributed by atoms with Crippen LogP contribution in [0.3, 0.4) is 0 Å². The Balaban J connectivity index is 2.99. The summed E-state index contributed by atoms with van der Waals surface area (Å²) < 4.78 is 14.7. The van der Waals surface area contributed by atoms with E-state index in [1.54, 1.807) is 0 Å². The highest BCUT2D eigenvalue weighted by atomic mass is 79.9. The smallest absolute Gasteiger partial charge is 0.0387 e. The van der Waals surface area contributed by atoms with E-state index in [-0.39, 0.29) is 0 Å². The summed E-state index contributed by atoms with van der Waals surface area (Å²) >= 11 is 3.05. The van der Waals surface area contributed by atoms with Crippen LogP contribution in [0.5, 0.6) is 0 Å². The molecule has 0 fully saturated rings. The molecule has 0 saturated carbocycles. The third-order valence-corrected chi connectivity index (χ3v) is 3.77. The van der Waals surface area contributed by atoms with Crippen molar-refractivity contribution in [3.63, 3.8) is 0 Å². The van der Waals surface area contributed by atoms with E-state index in [0.717, 1.165) is 6.42 Å². The molecular weight excluding hydrogens is 272 g/mol. The summed E-state index contributed by atoms with van der Waals surface area (Å²) in [6.45, 7) is 2.27. The SMILES string of the molecule is [2H]C([2H])(Br)CCCCCCCCCCCCCCC. The number of alkyl halides is 1. The van der Waals surface area contributed by atoms with Gasteiger partial charge >= 0.3 is 0 Å². The van der Waals surface area contributed by atoms with Crippen molar-refractivity contribution in [3.05, 3.63) is 0 Å². The van der Waals surface area contributed by atoms with Gasteiger partial charge < -0.3 is 0 Å². The second-order valence-corrected chi connectivity index (χ2v) is 5.69. The zero-order valence-corrected chi connectivity index (χ0v) is 13.4. The fraction of sp³-hybridized carbons (Fsp3) is 1.00. The lowest BCUT2D eigenvalue weighted by molar-refractivity contribution is 0.538. The lowest BCUT2D eigenvalue weighted by Crippen LogP contribution is -1.83. The summed E-state index contributed by atoms with van der Waals surface area (Å²) in [4.78, 5) is 0. The normalized spacial score (nSPS) is 13.5. The summed E-state index contributed by atoms with van der Waals surface area (Å²) in [6.07, 6.45) is 18.1. The molecule has 0 aliphatic rings. The molecule has 0 aromatic carbocycles. The van der Waals surface area contributed by atoms with E-state index in [0.29, 0.717) is 6.42 Å². The molecule has 0 radical (unpaired) electrons. The zero-order chi connectivity index (χ0) is 14.4. The summed E-state index contributed by atoms with van der Waals surface area (Å²) in [5.41, 5.74) is 0. The minimum atomic E-state index is -1.15. The largest absolute Gasteiger partial charge is 0.0928 e. The van der Waals surface area contributed by atoms with E-state index in [2.05, 4.69) is 22.9 Å². The third-order valence-electron chi connectivity index (χ3n) is 3.37. The number of hydrogen-bond acceptors (Lipinski definition) is 0. The predicted molar refractivity (Wildman–Crippen MR) is 84.1 cm³/mol. The number of hydrogen-bond donors (Lipinski definition) is 0. The quantitative estimate of drug-likeness (QED) is 0.243. The molecule has 0 aromatic rings. The van der Waals surface area contributed by atoms with Crippen LogP contribution in [0.2, 0.25) is 0 Å². The topological polar surface area (TPSA) is 0 Å². The van der Waals surface area contributed by atoms with Gasteiger partial charge in [-0.15, -0.1) is 0 Å². The van der Waals surface area contributed by atoms with Crippen molar-refractivity contribution in [2.75, 3.05) is 5.28 Å². The Labute approximate surface area is 121 Å². The van der Waals surface area contributed by atoms with Crippen molar-refractivity contribution in [2.45, 2.75) is 96.8 Å². The van der Waals surface area contributed by atoms with Crippen molar-refractivity contribution < 1.29 is 2.74 Å². The minimum absolute atomic E-state index is 0.644.